The summed E-state index contributed by atoms with van der Waals surface area (Å²) in [4.78, 5) is 13.9. The van der Waals surface area contributed by atoms with Crippen LogP contribution < -0.4 is 5.73 Å². The number of hydrogen-bond donors (Lipinski definition) is 1. The van der Waals surface area contributed by atoms with Crippen LogP contribution in [0.2, 0.25) is 0 Å². The Morgan fingerprint density at radius 1 is 1.50 bits per heavy atom. The first-order valence-corrected chi connectivity index (χ1v) is 6.94. The Kier molecular flexibility index (Phi) is 5.60. The van der Waals surface area contributed by atoms with Gasteiger partial charge in [-0.25, -0.2) is 0 Å². The van der Waals surface area contributed by atoms with Gasteiger partial charge >= 0.3 is 5.97 Å². The van der Waals surface area contributed by atoms with Gasteiger partial charge in [0.15, 0.2) is 0 Å². The normalized spacial score (nSPS) is 21.9. The molecule has 0 radical (unpaired) electrons. The highest BCUT2D eigenvalue weighted by Gasteiger charge is 2.32. The van der Waals surface area contributed by atoms with Gasteiger partial charge in [0.1, 0.15) is 5.54 Å². The Hall–Kier alpha value is -0.610. The van der Waals surface area contributed by atoms with Crippen molar-refractivity contribution in [1.29, 1.82) is 0 Å². The average molecular weight is 256 g/mol. The fraction of sp³-hybridized carbons (Fsp3) is 0.929. The van der Waals surface area contributed by atoms with Crippen molar-refractivity contribution in [3.05, 3.63) is 0 Å². The molecule has 0 aromatic carbocycles. The molecule has 0 bridgehead atoms. The van der Waals surface area contributed by atoms with Gasteiger partial charge in [-0.3, -0.25) is 4.79 Å². The van der Waals surface area contributed by atoms with Crippen LogP contribution in [-0.2, 0) is 9.53 Å². The third-order valence-corrected chi connectivity index (χ3v) is 4.14. The van der Waals surface area contributed by atoms with E-state index in [4.69, 9.17) is 10.5 Å². The summed E-state index contributed by atoms with van der Waals surface area (Å²) in [6.07, 6.45) is 6.04. The van der Waals surface area contributed by atoms with Crippen LogP contribution >= 0.6 is 0 Å². The summed E-state index contributed by atoms with van der Waals surface area (Å²) < 4.78 is 4.75. The molecule has 1 aliphatic carbocycles. The third-order valence-electron chi connectivity index (χ3n) is 4.14. The molecule has 2 unspecified atom stereocenters. The summed E-state index contributed by atoms with van der Waals surface area (Å²) in [5.41, 5.74) is 5.13. The summed E-state index contributed by atoms with van der Waals surface area (Å²) in [5.74, 6) is 0.489. The van der Waals surface area contributed by atoms with Crippen LogP contribution in [0.1, 0.15) is 46.0 Å². The number of esters is 1. The van der Waals surface area contributed by atoms with Gasteiger partial charge in [-0.1, -0.05) is 12.8 Å². The second kappa shape index (κ2) is 6.53. The summed E-state index contributed by atoms with van der Waals surface area (Å²) in [6.45, 7) is 4.99. The summed E-state index contributed by atoms with van der Waals surface area (Å²) in [5, 5.41) is 0. The maximum atomic E-state index is 11.6. The van der Waals surface area contributed by atoms with Crippen molar-refractivity contribution in [3.63, 3.8) is 0 Å². The molecule has 0 aromatic heterocycles. The van der Waals surface area contributed by atoms with E-state index in [9.17, 15) is 4.79 Å². The number of nitrogens with two attached hydrogens (primary N) is 1. The molecular formula is C14H28N2O2. The molecule has 1 aliphatic rings. The molecule has 0 aromatic rings. The smallest absolute Gasteiger partial charge is 0.325 e. The minimum absolute atomic E-state index is 0.291. The van der Waals surface area contributed by atoms with Crippen molar-refractivity contribution in [2.24, 2.45) is 11.7 Å². The molecule has 1 saturated carbocycles. The van der Waals surface area contributed by atoms with Crippen molar-refractivity contribution < 1.29 is 9.53 Å². The summed E-state index contributed by atoms with van der Waals surface area (Å²) in [6, 6.07) is 0.291. The minimum atomic E-state index is -0.891. The molecule has 0 heterocycles. The van der Waals surface area contributed by atoms with Crippen LogP contribution in [0.5, 0.6) is 0 Å². The molecule has 4 nitrogen and oxygen atoms in total. The van der Waals surface area contributed by atoms with Crippen LogP contribution in [0.3, 0.4) is 0 Å². The van der Waals surface area contributed by atoms with Crippen molar-refractivity contribution in [1.82, 2.24) is 4.90 Å². The lowest BCUT2D eigenvalue weighted by Crippen LogP contribution is -2.50. The van der Waals surface area contributed by atoms with E-state index in [-0.39, 0.29) is 5.97 Å². The lowest BCUT2D eigenvalue weighted by Gasteiger charge is -2.32. The van der Waals surface area contributed by atoms with Gasteiger partial charge in [0.25, 0.3) is 0 Å². The van der Waals surface area contributed by atoms with Crippen molar-refractivity contribution in [3.8, 4) is 0 Å². The van der Waals surface area contributed by atoms with E-state index in [0.717, 1.165) is 12.5 Å². The maximum absolute atomic E-state index is 11.6. The molecular weight excluding hydrogens is 228 g/mol. The highest BCUT2D eigenvalue weighted by atomic mass is 16.5. The first-order valence-electron chi connectivity index (χ1n) is 6.94. The largest absolute Gasteiger partial charge is 0.468 e. The number of nitrogens with zero attached hydrogens (tertiary/aromatic N) is 1. The van der Waals surface area contributed by atoms with Gasteiger partial charge in [-0.15, -0.1) is 0 Å². The highest BCUT2D eigenvalue weighted by Crippen LogP contribution is 2.26. The molecule has 1 rings (SSSR count). The quantitative estimate of drug-likeness (QED) is 0.736. The average Bonchev–Trinajstić information content (AvgIpc) is 2.79. The molecule has 4 heteroatoms. The molecule has 2 atom stereocenters. The van der Waals surface area contributed by atoms with Gasteiger partial charge in [0.05, 0.1) is 7.11 Å². The summed E-state index contributed by atoms with van der Waals surface area (Å²) >= 11 is 0. The molecule has 0 saturated heterocycles. The Bertz CT molecular complexity index is 273. The van der Waals surface area contributed by atoms with E-state index in [1.165, 1.54) is 32.8 Å². The van der Waals surface area contributed by atoms with E-state index >= 15 is 0 Å². The zero-order valence-electron chi connectivity index (χ0n) is 12.2. The Labute approximate surface area is 111 Å². The molecule has 0 amide bonds. The van der Waals surface area contributed by atoms with E-state index in [1.807, 2.05) is 0 Å². The fourth-order valence-corrected chi connectivity index (χ4v) is 2.87. The van der Waals surface area contributed by atoms with Crippen molar-refractivity contribution >= 4 is 5.97 Å². The number of rotatable bonds is 6. The monoisotopic (exact) mass is 256 g/mol. The number of carbonyl (C=O) groups excluding carboxylic acids is 1. The fourth-order valence-electron chi connectivity index (χ4n) is 2.87. The van der Waals surface area contributed by atoms with Gasteiger partial charge in [0.2, 0.25) is 0 Å². The number of ether oxygens (including phenoxy) is 1. The van der Waals surface area contributed by atoms with E-state index in [1.54, 1.807) is 6.92 Å². The molecule has 18 heavy (non-hydrogen) atoms. The van der Waals surface area contributed by atoms with E-state index in [0.29, 0.717) is 12.5 Å². The molecule has 1 fully saturated rings. The minimum Gasteiger partial charge on any atom is -0.468 e. The van der Waals surface area contributed by atoms with Crippen LogP contribution in [0.25, 0.3) is 0 Å². The van der Waals surface area contributed by atoms with Gasteiger partial charge in [-0.05, 0) is 46.1 Å². The van der Waals surface area contributed by atoms with E-state index < -0.39 is 5.54 Å². The Morgan fingerprint density at radius 3 is 2.56 bits per heavy atom. The van der Waals surface area contributed by atoms with Crippen molar-refractivity contribution in [2.45, 2.75) is 57.5 Å². The summed E-state index contributed by atoms with van der Waals surface area (Å²) in [7, 11) is 3.51. The van der Waals surface area contributed by atoms with Gasteiger partial charge < -0.3 is 15.4 Å². The van der Waals surface area contributed by atoms with Crippen LogP contribution in [-0.4, -0.2) is 43.2 Å². The second-order valence-corrected chi connectivity index (χ2v) is 6.05. The molecule has 0 aliphatic heterocycles. The number of hydrogen-bond acceptors (Lipinski definition) is 4. The topological polar surface area (TPSA) is 55.6 Å². The van der Waals surface area contributed by atoms with Crippen LogP contribution in [0, 0.1) is 5.92 Å². The maximum Gasteiger partial charge on any atom is 0.325 e. The number of methoxy groups -OCH3 is 1. The number of carbonyl (C=O) groups is 1. The Morgan fingerprint density at radius 2 is 2.06 bits per heavy atom. The zero-order valence-corrected chi connectivity index (χ0v) is 12.2. The van der Waals surface area contributed by atoms with Crippen LogP contribution in [0.15, 0.2) is 0 Å². The first kappa shape index (κ1) is 15.4. The second-order valence-electron chi connectivity index (χ2n) is 6.05. The first-order chi connectivity index (χ1) is 8.36. The lowest BCUT2D eigenvalue weighted by molar-refractivity contribution is -0.147. The van der Waals surface area contributed by atoms with E-state index in [2.05, 4.69) is 18.9 Å². The zero-order chi connectivity index (χ0) is 13.8. The molecule has 2 N–H and O–H groups in total. The third kappa shape index (κ3) is 4.25. The van der Waals surface area contributed by atoms with Crippen LogP contribution in [0.4, 0.5) is 0 Å². The highest BCUT2D eigenvalue weighted by molar-refractivity contribution is 5.79. The molecule has 0 spiro atoms. The predicted octanol–water partition coefficient (Wildman–Crippen LogP) is 1.78. The standard InChI is InChI=1S/C14H28N2O2/c1-11(9-14(2,15)13(17)18-4)16(3)10-12-7-5-6-8-12/h11-12H,5-10,15H2,1-4H3. The predicted molar refractivity (Wildman–Crippen MR) is 73.3 cm³/mol. The van der Waals surface area contributed by atoms with Gasteiger partial charge in [0, 0.05) is 12.6 Å². The SMILES string of the molecule is COC(=O)C(C)(N)CC(C)N(C)CC1CCCC1. The van der Waals surface area contributed by atoms with Gasteiger partial charge in [-0.2, -0.15) is 0 Å². The molecule has 106 valence electrons. The lowest BCUT2D eigenvalue weighted by atomic mass is 9.94. The Balaban J connectivity index is 2.42. The van der Waals surface area contributed by atoms with Crippen molar-refractivity contribution in [2.75, 3.05) is 20.7 Å².